The Labute approximate surface area is 144 Å². The van der Waals surface area contributed by atoms with Gasteiger partial charge >= 0.3 is 5.63 Å². The van der Waals surface area contributed by atoms with Gasteiger partial charge in [-0.25, -0.2) is 4.79 Å². The summed E-state index contributed by atoms with van der Waals surface area (Å²) in [5, 5.41) is 3.04. The lowest BCUT2D eigenvalue weighted by molar-refractivity contribution is 0.0914. The monoisotopic (exact) mass is 334 g/mol. The van der Waals surface area contributed by atoms with Gasteiger partial charge in [-0.15, -0.1) is 0 Å². The fraction of sp³-hybridized carbons (Fsp3) is 0.684. The maximum atomic E-state index is 12.6. The molecule has 1 N–H and O–H groups in total. The van der Waals surface area contributed by atoms with Crippen molar-refractivity contribution in [1.82, 2.24) is 10.2 Å². The lowest BCUT2D eigenvalue weighted by atomic mass is 10.0. The largest absolute Gasteiger partial charge is 0.427 e. The van der Waals surface area contributed by atoms with Gasteiger partial charge < -0.3 is 14.6 Å². The van der Waals surface area contributed by atoms with Crippen LogP contribution in [0.5, 0.6) is 0 Å². The quantitative estimate of drug-likeness (QED) is 0.869. The van der Waals surface area contributed by atoms with E-state index in [2.05, 4.69) is 24.1 Å². The first-order chi connectivity index (χ1) is 11.3. The Morgan fingerprint density at radius 3 is 2.67 bits per heavy atom. The first-order valence-corrected chi connectivity index (χ1v) is 8.90. The van der Waals surface area contributed by atoms with Gasteiger partial charge in [0.15, 0.2) is 0 Å². The maximum Gasteiger partial charge on any atom is 0.349 e. The van der Waals surface area contributed by atoms with E-state index < -0.39 is 5.63 Å². The van der Waals surface area contributed by atoms with Gasteiger partial charge in [-0.3, -0.25) is 4.79 Å². The molecule has 1 heterocycles. The smallest absolute Gasteiger partial charge is 0.349 e. The van der Waals surface area contributed by atoms with Crippen LogP contribution in [0.15, 0.2) is 15.3 Å². The van der Waals surface area contributed by atoms with Gasteiger partial charge in [0.05, 0.1) is 0 Å². The van der Waals surface area contributed by atoms with Gasteiger partial charge in [-0.2, -0.15) is 0 Å². The van der Waals surface area contributed by atoms with Crippen molar-refractivity contribution in [2.24, 2.45) is 5.92 Å². The number of hydrogen-bond donors (Lipinski definition) is 1. The first kappa shape index (κ1) is 18.7. The van der Waals surface area contributed by atoms with Crippen LogP contribution in [0.2, 0.25) is 0 Å². The SMILES string of the molecule is Cc1cc(CCC(C)C)oc(=O)c1C(=O)N[C@@H]1CCC[C@H]1N(C)C. The minimum atomic E-state index is -0.523. The highest BCUT2D eigenvalue weighted by Crippen LogP contribution is 2.23. The molecular formula is C19H30N2O3. The second-order valence-electron chi connectivity index (χ2n) is 7.53. The fourth-order valence-electron chi connectivity index (χ4n) is 3.47. The molecule has 2 rings (SSSR count). The van der Waals surface area contributed by atoms with Gasteiger partial charge in [0.2, 0.25) is 0 Å². The molecule has 1 fully saturated rings. The third kappa shape index (κ3) is 4.47. The van der Waals surface area contributed by atoms with Crippen LogP contribution in [0, 0.1) is 12.8 Å². The molecule has 1 aliphatic carbocycles. The Hall–Kier alpha value is -1.62. The van der Waals surface area contributed by atoms with Gasteiger partial charge in [0.25, 0.3) is 5.91 Å². The van der Waals surface area contributed by atoms with Crippen molar-refractivity contribution in [2.75, 3.05) is 14.1 Å². The number of rotatable bonds is 6. The summed E-state index contributed by atoms with van der Waals surface area (Å²) in [6.07, 6.45) is 4.79. The van der Waals surface area contributed by atoms with Crippen LogP contribution in [-0.4, -0.2) is 37.0 Å². The van der Waals surface area contributed by atoms with E-state index in [1.165, 1.54) is 0 Å². The summed E-state index contributed by atoms with van der Waals surface area (Å²) in [4.78, 5) is 27.0. The second-order valence-corrected chi connectivity index (χ2v) is 7.53. The molecule has 5 heteroatoms. The molecule has 134 valence electrons. The Balaban J connectivity index is 2.13. The first-order valence-electron chi connectivity index (χ1n) is 8.90. The number of amides is 1. The van der Waals surface area contributed by atoms with Gasteiger partial charge in [0, 0.05) is 18.5 Å². The Kier molecular flexibility index (Phi) is 6.21. The van der Waals surface area contributed by atoms with Crippen molar-refractivity contribution in [3.63, 3.8) is 0 Å². The summed E-state index contributed by atoms with van der Waals surface area (Å²) in [5.74, 6) is 0.897. The lowest BCUT2D eigenvalue weighted by Gasteiger charge is -2.26. The van der Waals surface area contributed by atoms with Crippen LogP contribution >= 0.6 is 0 Å². The van der Waals surface area contributed by atoms with E-state index in [-0.39, 0.29) is 17.5 Å². The highest BCUT2D eigenvalue weighted by Gasteiger charge is 2.31. The summed E-state index contributed by atoms with van der Waals surface area (Å²) in [6, 6.07) is 2.25. The summed E-state index contributed by atoms with van der Waals surface area (Å²) < 4.78 is 5.37. The van der Waals surface area contributed by atoms with Crippen LogP contribution in [0.1, 0.15) is 61.2 Å². The zero-order valence-electron chi connectivity index (χ0n) is 15.5. The standard InChI is InChI=1S/C19H30N2O3/c1-12(2)9-10-14-11-13(3)17(19(23)24-14)18(22)20-15-7-6-8-16(15)21(4)5/h11-12,15-16H,6-10H2,1-5H3,(H,20,22)/t15-,16-/m1/s1. The Morgan fingerprint density at radius 1 is 1.38 bits per heavy atom. The van der Waals surface area contributed by atoms with Crippen LogP contribution in [0.25, 0.3) is 0 Å². The topological polar surface area (TPSA) is 62.6 Å². The summed E-state index contributed by atoms with van der Waals surface area (Å²) in [7, 11) is 4.05. The molecule has 0 saturated heterocycles. The van der Waals surface area contributed by atoms with Crippen molar-refractivity contribution in [2.45, 2.75) is 65.0 Å². The zero-order chi connectivity index (χ0) is 17.9. The molecule has 1 aromatic rings. The molecular weight excluding hydrogens is 304 g/mol. The molecule has 0 unspecified atom stereocenters. The molecule has 0 aromatic carbocycles. The zero-order valence-corrected chi connectivity index (χ0v) is 15.5. The molecule has 0 spiro atoms. The number of carbonyl (C=O) groups excluding carboxylic acids is 1. The van der Waals surface area contributed by atoms with Gasteiger partial charge in [-0.1, -0.05) is 13.8 Å². The van der Waals surface area contributed by atoms with Crippen molar-refractivity contribution in [1.29, 1.82) is 0 Å². The number of likely N-dealkylation sites (N-methyl/N-ethyl adjacent to an activating group) is 1. The molecule has 1 amide bonds. The van der Waals surface area contributed by atoms with Crippen molar-refractivity contribution < 1.29 is 9.21 Å². The van der Waals surface area contributed by atoms with Gasteiger partial charge in [-0.05, 0) is 64.3 Å². The van der Waals surface area contributed by atoms with E-state index >= 15 is 0 Å². The maximum absolute atomic E-state index is 12.6. The van der Waals surface area contributed by atoms with E-state index in [4.69, 9.17) is 4.42 Å². The second kappa shape index (κ2) is 7.97. The molecule has 24 heavy (non-hydrogen) atoms. The molecule has 1 saturated carbocycles. The lowest BCUT2D eigenvalue weighted by Crippen LogP contribution is -2.47. The number of aryl methyl sites for hydroxylation is 2. The number of nitrogens with zero attached hydrogens (tertiary/aromatic N) is 1. The molecule has 1 aliphatic rings. The van der Waals surface area contributed by atoms with Crippen LogP contribution < -0.4 is 10.9 Å². The van der Waals surface area contributed by atoms with Crippen molar-refractivity contribution >= 4 is 5.91 Å². The van der Waals surface area contributed by atoms with Crippen molar-refractivity contribution in [3.8, 4) is 0 Å². The fourth-order valence-corrected chi connectivity index (χ4v) is 3.47. The average molecular weight is 334 g/mol. The number of carbonyl (C=O) groups is 1. The summed E-state index contributed by atoms with van der Waals surface area (Å²) in [5.41, 5.74) is 0.320. The predicted octanol–water partition coefficient (Wildman–Crippen LogP) is 2.75. The van der Waals surface area contributed by atoms with Crippen LogP contribution in [-0.2, 0) is 6.42 Å². The third-order valence-corrected chi connectivity index (χ3v) is 4.85. The van der Waals surface area contributed by atoms with E-state index in [9.17, 15) is 9.59 Å². The Morgan fingerprint density at radius 2 is 2.08 bits per heavy atom. The van der Waals surface area contributed by atoms with Gasteiger partial charge in [0.1, 0.15) is 11.3 Å². The molecule has 0 aliphatic heterocycles. The van der Waals surface area contributed by atoms with Crippen LogP contribution in [0.4, 0.5) is 0 Å². The third-order valence-electron chi connectivity index (χ3n) is 4.85. The summed E-state index contributed by atoms with van der Waals surface area (Å²) in [6.45, 7) is 6.08. The molecule has 5 nitrogen and oxygen atoms in total. The van der Waals surface area contributed by atoms with E-state index in [1.54, 1.807) is 0 Å². The summed E-state index contributed by atoms with van der Waals surface area (Å²) >= 11 is 0. The highest BCUT2D eigenvalue weighted by molar-refractivity contribution is 5.95. The predicted molar refractivity (Wildman–Crippen MR) is 95.5 cm³/mol. The number of nitrogens with one attached hydrogen (secondary N) is 1. The minimum absolute atomic E-state index is 0.0897. The number of hydrogen-bond acceptors (Lipinski definition) is 4. The average Bonchev–Trinajstić information content (AvgIpc) is 2.92. The Bertz CT molecular complexity index is 634. The molecule has 1 aromatic heterocycles. The molecule has 0 radical (unpaired) electrons. The van der Waals surface area contributed by atoms with E-state index in [0.29, 0.717) is 23.3 Å². The normalized spacial score (nSPS) is 20.8. The molecule has 0 bridgehead atoms. The van der Waals surface area contributed by atoms with Crippen LogP contribution in [0.3, 0.4) is 0 Å². The molecule has 2 atom stereocenters. The van der Waals surface area contributed by atoms with E-state index in [0.717, 1.165) is 32.1 Å². The van der Waals surface area contributed by atoms with Crippen molar-refractivity contribution in [3.05, 3.63) is 33.4 Å². The minimum Gasteiger partial charge on any atom is -0.427 e. The van der Waals surface area contributed by atoms with E-state index in [1.807, 2.05) is 27.1 Å². The highest BCUT2D eigenvalue weighted by atomic mass is 16.4.